The Morgan fingerprint density at radius 2 is 1.63 bits per heavy atom. The van der Waals surface area contributed by atoms with Gasteiger partial charge in [0.05, 0.1) is 6.10 Å². The van der Waals surface area contributed by atoms with Crippen LogP contribution in [-0.4, -0.2) is 13.2 Å². The van der Waals surface area contributed by atoms with E-state index in [1.165, 1.54) is 64.2 Å². The third kappa shape index (κ3) is 3.74. The number of rotatable bonds is 6. The molecule has 3 saturated carbocycles. The number of methoxy groups -OCH3 is 1. The summed E-state index contributed by atoms with van der Waals surface area (Å²) in [7, 11) is 1.92. The first-order valence-electron chi connectivity index (χ1n) is 13.4. The van der Waals surface area contributed by atoms with Crippen LogP contribution in [0.25, 0.3) is 0 Å². The molecule has 9 atom stereocenters. The molecule has 0 bridgehead atoms. The summed E-state index contributed by atoms with van der Waals surface area (Å²) in [6.45, 7) is 15.2. The van der Waals surface area contributed by atoms with Gasteiger partial charge in [0, 0.05) is 7.11 Å². The van der Waals surface area contributed by atoms with E-state index in [0.29, 0.717) is 16.9 Å². The van der Waals surface area contributed by atoms with Gasteiger partial charge in [-0.2, -0.15) is 0 Å². The zero-order chi connectivity index (χ0) is 21.7. The molecule has 0 aliphatic heterocycles. The van der Waals surface area contributed by atoms with Gasteiger partial charge in [-0.05, 0) is 104 Å². The van der Waals surface area contributed by atoms with E-state index in [2.05, 4.69) is 47.6 Å². The summed E-state index contributed by atoms with van der Waals surface area (Å²) in [6, 6.07) is 0. The molecular formula is C29H50O. The van der Waals surface area contributed by atoms with Crippen LogP contribution in [0.5, 0.6) is 0 Å². The number of fused-ring (bicyclic) bond motifs is 5. The van der Waals surface area contributed by atoms with Crippen molar-refractivity contribution in [2.75, 3.05) is 7.11 Å². The van der Waals surface area contributed by atoms with Gasteiger partial charge in [-0.25, -0.2) is 0 Å². The van der Waals surface area contributed by atoms with Crippen LogP contribution < -0.4 is 0 Å². The highest BCUT2D eigenvalue weighted by Gasteiger charge is 2.58. The lowest BCUT2D eigenvalue weighted by Crippen LogP contribution is -2.50. The molecule has 30 heavy (non-hydrogen) atoms. The minimum atomic E-state index is 0.511. The summed E-state index contributed by atoms with van der Waals surface area (Å²) >= 11 is 0. The van der Waals surface area contributed by atoms with E-state index in [9.17, 15) is 0 Å². The minimum Gasteiger partial charge on any atom is -0.381 e. The van der Waals surface area contributed by atoms with Gasteiger partial charge in [-0.15, -0.1) is 0 Å². The van der Waals surface area contributed by atoms with E-state index in [1.807, 2.05) is 12.7 Å². The van der Waals surface area contributed by atoms with Crippen LogP contribution in [0, 0.1) is 52.3 Å². The SMILES string of the molecule is COC1CCC2(C)C(CC=C3C2CCC2(C)C3CCC2C(C)CCC(C)C(C)C)C1. The molecule has 9 unspecified atom stereocenters. The molecular weight excluding hydrogens is 364 g/mol. The maximum Gasteiger partial charge on any atom is 0.0574 e. The van der Waals surface area contributed by atoms with Gasteiger partial charge >= 0.3 is 0 Å². The highest BCUT2D eigenvalue weighted by atomic mass is 16.5. The van der Waals surface area contributed by atoms with Crippen molar-refractivity contribution in [1.82, 2.24) is 0 Å². The highest BCUT2D eigenvalue weighted by Crippen LogP contribution is 2.67. The number of ether oxygens (including phenoxy) is 1. The Labute approximate surface area is 187 Å². The lowest BCUT2D eigenvalue weighted by atomic mass is 9.47. The summed E-state index contributed by atoms with van der Waals surface area (Å²) in [5, 5.41) is 0. The molecule has 4 rings (SSSR count). The monoisotopic (exact) mass is 414 g/mol. The summed E-state index contributed by atoms with van der Waals surface area (Å²) < 4.78 is 5.78. The van der Waals surface area contributed by atoms with Crippen molar-refractivity contribution >= 4 is 0 Å². The molecule has 3 fully saturated rings. The quantitative estimate of drug-likeness (QED) is 0.397. The summed E-state index contributed by atoms with van der Waals surface area (Å²) in [6.07, 6.45) is 17.3. The smallest absolute Gasteiger partial charge is 0.0574 e. The largest absolute Gasteiger partial charge is 0.381 e. The van der Waals surface area contributed by atoms with Crippen molar-refractivity contribution in [2.45, 2.75) is 112 Å². The average molecular weight is 415 g/mol. The molecule has 0 aromatic carbocycles. The van der Waals surface area contributed by atoms with Crippen molar-refractivity contribution in [3.8, 4) is 0 Å². The Balaban J connectivity index is 1.49. The summed E-state index contributed by atoms with van der Waals surface area (Å²) in [5.74, 6) is 6.12. The third-order valence-corrected chi connectivity index (χ3v) is 11.3. The standard InChI is InChI=1S/C29H50O/c1-19(2)20(3)8-9-21(4)25-12-13-26-24-11-10-22-18-23(30-7)14-16-28(22,5)27(24)15-17-29(25,26)6/h11,19-23,25-27H,8-10,12-18H2,1-7H3. The maximum atomic E-state index is 5.78. The van der Waals surface area contributed by atoms with Crippen LogP contribution in [0.4, 0.5) is 0 Å². The molecule has 0 saturated heterocycles. The number of hydrogen-bond donors (Lipinski definition) is 0. The van der Waals surface area contributed by atoms with Gasteiger partial charge in [0.15, 0.2) is 0 Å². The van der Waals surface area contributed by atoms with Gasteiger partial charge in [-0.1, -0.05) is 66.0 Å². The minimum absolute atomic E-state index is 0.511. The summed E-state index contributed by atoms with van der Waals surface area (Å²) in [4.78, 5) is 0. The fourth-order valence-electron chi connectivity index (χ4n) is 8.72. The second-order valence-electron chi connectivity index (χ2n) is 12.9. The summed E-state index contributed by atoms with van der Waals surface area (Å²) in [5.41, 5.74) is 3.02. The lowest BCUT2D eigenvalue weighted by Gasteiger charge is -2.58. The van der Waals surface area contributed by atoms with E-state index in [1.54, 1.807) is 0 Å². The molecule has 0 radical (unpaired) electrons. The maximum absolute atomic E-state index is 5.78. The van der Waals surface area contributed by atoms with E-state index < -0.39 is 0 Å². The van der Waals surface area contributed by atoms with Crippen LogP contribution in [0.15, 0.2) is 11.6 Å². The second-order valence-corrected chi connectivity index (χ2v) is 12.9. The van der Waals surface area contributed by atoms with E-state index in [-0.39, 0.29) is 0 Å². The van der Waals surface area contributed by atoms with Crippen molar-refractivity contribution in [3.05, 3.63) is 11.6 Å². The lowest BCUT2D eigenvalue weighted by molar-refractivity contribution is -0.0544. The van der Waals surface area contributed by atoms with Crippen LogP contribution >= 0.6 is 0 Å². The normalized spacial score (nSPS) is 45.3. The molecule has 0 amide bonds. The Morgan fingerprint density at radius 3 is 2.33 bits per heavy atom. The molecule has 1 nitrogen and oxygen atoms in total. The van der Waals surface area contributed by atoms with E-state index in [4.69, 9.17) is 4.74 Å². The van der Waals surface area contributed by atoms with Crippen LogP contribution in [-0.2, 0) is 4.74 Å². The Kier molecular flexibility index (Phi) is 6.53. The predicted molar refractivity (Wildman–Crippen MR) is 128 cm³/mol. The van der Waals surface area contributed by atoms with Crippen molar-refractivity contribution < 1.29 is 4.74 Å². The Morgan fingerprint density at radius 1 is 0.933 bits per heavy atom. The Hall–Kier alpha value is -0.300. The fourth-order valence-corrected chi connectivity index (χ4v) is 8.72. The average Bonchev–Trinajstić information content (AvgIpc) is 3.08. The van der Waals surface area contributed by atoms with Gasteiger partial charge in [0.25, 0.3) is 0 Å². The third-order valence-electron chi connectivity index (χ3n) is 11.3. The van der Waals surface area contributed by atoms with Gasteiger partial charge in [-0.3, -0.25) is 0 Å². The molecule has 4 aliphatic rings. The van der Waals surface area contributed by atoms with E-state index in [0.717, 1.165) is 41.4 Å². The molecule has 0 heterocycles. The van der Waals surface area contributed by atoms with Crippen LogP contribution in [0.2, 0.25) is 0 Å². The zero-order valence-corrected chi connectivity index (χ0v) is 21.2. The number of allylic oxidation sites excluding steroid dienone is 2. The molecule has 0 N–H and O–H groups in total. The van der Waals surface area contributed by atoms with Crippen molar-refractivity contribution in [3.63, 3.8) is 0 Å². The highest BCUT2D eigenvalue weighted by molar-refractivity contribution is 5.27. The van der Waals surface area contributed by atoms with Crippen molar-refractivity contribution in [2.24, 2.45) is 52.3 Å². The second kappa shape index (κ2) is 8.57. The topological polar surface area (TPSA) is 9.23 Å². The van der Waals surface area contributed by atoms with E-state index >= 15 is 0 Å². The molecule has 0 spiro atoms. The van der Waals surface area contributed by atoms with Crippen LogP contribution in [0.3, 0.4) is 0 Å². The first kappa shape index (κ1) is 22.9. The first-order chi connectivity index (χ1) is 14.2. The van der Waals surface area contributed by atoms with Gasteiger partial charge < -0.3 is 4.74 Å². The van der Waals surface area contributed by atoms with Gasteiger partial charge in [0.1, 0.15) is 0 Å². The first-order valence-corrected chi connectivity index (χ1v) is 13.4. The van der Waals surface area contributed by atoms with Crippen LogP contribution in [0.1, 0.15) is 106 Å². The number of hydrogen-bond acceptors (Lipinski definition) is 1. The fraction of sp³-hybridized carbons (Fsp3) is 0.931. The van der Waals surface area contributed by atoms with Crippen molar-refractivity contribution in [1.29, 1.82) is 0 Å². The molecule has 172 valence electrons. The Bertz CT molecular complexity index is 634. The molecule has 4 aliphatic carbocycles. The molecule has 1 heteroatoms. The predicted octanol–water partition coefficient (Wildman–Crippen LogP) is 8.29. The molecule has 0 aromatic heterocycles. The zero-order valence-electron chi connectivity index (χ0n) is 21.2. The van der Waals surface area contributed by atoms with Gasteiger partial charge in [0.2, 0.25) is 0 Å². The molecule has 0 aromatic rings.